The Morgan fingerprint density at radius 3 is 2.48 bits per heavy atom. The van der Waals surface area contributed by atoms with E-state index in [4.69, 9.17) is 16.3 Å². The molecule has 27 heavy (non-hydrogen) atoms. The molecule has 1 aromatic carbocycles. The Hall–Kier alpha value is -3.13. The lowest BCUT2D eigenvalue weighted by atomic mass is 10.2. The fraction of sp³-hybridized carbons (Fsp3) is 0.0556. The minimum Gasteiger partial charge on any atom is -0.437 e. The molecule has 2 heterocycles. The number of alkyl halides is 3. The fourth-order valence-corrected chi connectivity index (χ4v) is 2.29. The van der Waals surface area contributed by atoms with E-state index in [-0.39, 0.29) is 22.3 Å². The van der Waals surface area contributed by atoms with Gasteiger partial charge in [-0.1, -0.05) is 17.7 Å². The molecule has 0 bridgehead atoms. The molecule has 0 radical (unpaired) electrons. The number of hydrogen-bond acceptors (Lipinski definition) is 4. The second-order valence-electron chi connectivity index (χ2n) is 5.30. The van der Waals surface area contributed by atoms with Gasteiger partial charge in [0.2, 0.25) is 5.88 Å². The van der Waals surface area contributed by atoms with Gasteiger partial charge in [0.25, 0.3) is 5.91 Å². The topological polar surface area (TPSA) is 64.1 Å². The zero-order chi connectivity index (χ0) is 19.4. The standard InChI is InChI=1S/C18H11ClF3N3O2/c19-13-9-12(25-17(26)14-3-1-2-8-23-14)5-6-15(13)27-16-7-4-11(10-24-16)18(20,21)22/h1-10H,(H,25,26). The summed E-state index contributed by atoms with van der Waals surface area (Å²) in [6, 6.07) is 11.3. The average molecular weight is 394 g/mol. The molecule has 0 aliphatic carbocycles. The van der Waals surface area contributed by atoms with Crippen molar-refractivity contribution >= 4 is 23.2 Å². The monoisotopic (exact) mass is 393 g/mol. The predicted octanol–water partition coefficient (Wildman–Crippen LogP) is 5.19. The zero-order valence-corrected chi connectivity index (χ0v) is 14.3. The van der Waals surface area contributed by atoms with Crippen LogP contribution in [0.25, 0.3) is 0 Å². The summed E-state index contributed by atoms with van der Waals surface area (Å²) in [6.45, 7) is 0. The molecule has 1 N–H and O–H groups in total. The Balaban J connectivity index is 1.70. The zero-order valence-electron chi connectivity index (χ0n) is 13.5. The van der Waals surface area contributed by atoms with Gasteiger partial charge in [-0.15, -0.1) is 0 Å². The predicted molar refractivity (Wildman–Crippen MR) is 93.0 cm³/mol. The molecule has 0 unspecified atom stereocenters. The van der Waals surface area contributed by atoms with E-state index >= 15 is 0 Å². The van der Waals surface area contributed by atoms with Gasteiger partial charge >= 0.3 is 6.18 Å². The molecule has 0 spiro atoms. The van der Waals surface area contributed by atoms with E-state index in [0.29, 0.717) is 11.9 Å². The van der Waals surface area contributed by atoms with Gasteiger partial charge in [0.15, 0.2) is 0 Å². The largest absolute Gasteiger partial charge is 0.437 e. The summed E-state index contributed by atoms with van der Waals surface area (Å²) in [7, 11) is 0. The van der Waals surface area contributed by atoms with Crippen LogP contribution in [0.2, 0.25) is 5.02 Å². The van der Waals surface area contributed by atoms with Crippen LogP contribution >= 0.6 is 11.6 Å². The lowest BCUT2D eigenvalue weighted by Crippen LogP contribution is -2.13. The van der Waals surface area contributed by atoms with E-state index in [1.54, 1.807) is 18.2 Å². The molecule has 3 rings (SSSR count). The highest BCUT2D eigenvalue weighted by atomic mass is 35.5. The molecular weight excluding hydrogens is 383 g/mol. The van der Waals surface area contributed by atoms with Gasteiger partial charge in [0, 0.05) is 24.1 Å². The first kappa shape index (κ1) is 18.7. The Kier molecular flexibility index (Phi) is 5.27. The summed E-state index contributed by atoms with van der Waals surface area (Å²) in [5.41, 5.74) is -0.236. The van der Waals surface area contributed by atoms with E-state index in [1.807, 2.05) is 0 Å². The van der Waals surface area contributed by atoms with E-state index in [1.165, 1.54) is 24.4 Å². The molecule has 5 nitrogen and oxygen atoms in total. The number of aromatic nitrogens is 2. The third kappa shape index (κ3) is 4.73. The van der Waals surface area contributed by atoms with Crippen molar-refractivity contribution in [3.05, 3.63) is 77.2 Å². The van der Waals surface area contributed by atoms with Gasteiger partial charge < -0.3 is 10.1 Å². The SMILES string of the molecule is O=C(Nc1ccc(Oc2ccc(C(F)(F)F)cn2)c(Cl)c1)c1ccccn1. The van der Waals surface area contributed by atoms with Crippen LogP contribution < -0.4 is 10.1 Å². The number of nitrogens with zero attached hydrogens (tertiary/aromatic N) is 2. The number of rotatable bonds is 4. The summed E-state index contributed by atoms with van der Waals surface area (Å²) in [5.74, 6) is -0.278. The number of benzene rings is 1. The molecule has 2 aromatic heterocycles. The van der Waals surface area contributed by atoms with Crippen LogP contribution in [0.3, 0.4) is 0 Å². The summed E-state index contributed by atoms with van der Waals surface area (Å²) >= 11 is 6.11. The first-order chi connectivity index (χ1) is 12.8. The minimum atomic E-state index is -4.48. The van der Waals surface area contributed by atoms with Crippen molar-refractivity contribution in [3.63, 3.8) is 0 Å². The van der Waals surface area contributed by atoms with Crippen LogP contribution in [0.15, 0.2) is 60.9 Å². The molecule has 138 valence electrons. The van der Waals surface area contributed by atoms with Crippen LogP contribution in [0.1, 0.15) is 16.1 Å². The number of amides is 1. The summed E-state index contributed by atoms with van der Waals surface area (Å²) in [5, 5.41) is 2.78. The Morgan fingerprint density at radius 1 is 1.07 bits per heavy atom. The minimum absolute atomic E-state index is 0.0461. The van der Waals surface area contributed by atoms with E-state index in [0.717, 1.165) is 12.1 Å². The first-order valence-electron chi connectivity index (χ1n) is 7.56. The summed E-state index contributed by atoms with van der Waals surface area (Å²) in [6.07, 6.45) is -2.31. The maximum absolute atomic E-state index is 12.5. The van der Waals surface area contributed by atoms with Crippen LogP contribution in [-0.2, 0) is 6.18 Å². The third-order valence-corrected chi connectivity index (χ3v) is 3.66. The molecule has 3 aromatic rings. The smallest absolute Gasteiger partial charge is 0.417 e. The van der Waals surface area contributed by atoms with E-state index in [9.17, 15) is 18.0 Å². The van der Waals surface area contributed by atoms with Crippen LogP contribution in [0.5, 0.6) is 11.6 Å². The molecule has 9 heteroatoms. The molecule has 1 amide bonds. The molecular formula is C18H11ClF3N3O2. The summed E-state index contributed by atoms with van der Waals surface area (Å²) < 4.78 is 43.0. The number of halogens is 4. The van der Waals surface area contributed by atoms with Crippen molar-refractivity contribution in [2.45, 2.75) is 6.18 Å². The van der Waals surface area contributed by atoms with E-state index < -0.39 is 17.6 Å². The second kappa shape index (κ2) is 7.63. The first-order valence-corrected chi connectivity index (χ1v) is 7.94. The number of carbonyl (C=O) groups is 1. The maximum atomic E-state index is 12.5. The van der Waals surface area contributed by atoms with Crippen molar-refractivity contribution in [2.75, 3.05) is 5.32 Å². The van der Waals surface area contributed by atoms with Crippen molar-refractivity contribution in [3.8, 4) is 11.6 Å². The van der Waals surface area contributed by atoms with Gasteiger partial charge in [0.1, 0.15) is 11.4 Å². The lowest BCUT2D eigenvalue weighted by Gasteiger charge is -2.10. The van der Waals surface area contributed by atoms with E-state index in [2.05, 4.69) is 15.3 Å². The van der Waals surface area contributed by atoms with Crippen LogP contribution in [0, 0.1) is 0 Å². The molecule has 0 saturated heterocycles. The molecule has 0 aliphatic heterocycles. The lowest BCUT2D eigenvalue weighted by molar-refractivity contribution is -0.137. The molecule has 0 saturated carbocycles. The highest BCUT2D eigenvalue weighted by Gasteiger charge is 2.30. The van der Waals surface area contributed by atoms with Gasteiger partial charge in [-0.25, -0.2) is 4.98 Å². The van der Waals surface area contributed by atoms with Crippen LogP contribution in [0.4, 0.5) is 18.9 Å². The average Bonchev–Trinajstić information content (AvgIpc) is 2.64. The molecule has 0 fully saturated rings. The Labute approximate surface area is 156 Å². The quantitative estimate of drug-likeness (QED) is 0.662. The van der Waals surface area contributed by atoms with Crippen molar-refractivity contribution < 1.29 is 22.7 Å². The van der Waals surface area contributed by atoms with Gasteiger partial charge in [-0.05, 0) is 36.4 Å². The fourth-order valence-electron chi connectivity index (χ4n) is 2.07. The van der Waals surface area contributed by atoms with Crippen LogP contribution in [-0.4, -0.2) is 15.9 Å². The number of pyridine rings is 2. The maximum Gasteiger partial charge on any atom is 0.417 e. The number of anilines is 1. The number of hydrogen-bond donors (Lipinski definition) is 1. The highest BCUT2D eigenvalue weighted by Crippen LogP contribution is 2.33. The van der Waals surface area contributed by atoms with Gasteiger partial charge in [-0.2, -0.15) is 13.2 Å². The second-order valence-corrected chi connectivity index (χ2v) is 5.71. The van der Waals surface area contributed by atoms with Crippen molar-refractivity contribution in [1.29, 1.82) is 0 Å². The highest BCUT2D eigenvalue weighted by molar-refractivity contribution is 6.32. The van der Waals surface area contributed by atoms with Gasteiger partial charge in [0.05, 0.1) is 10.6 Å². The number of carbonyl (C=O) groups excluding carboxylic acids is 1. The molecule has 0 aliphatic rings. The molecule has 0 atom stereocenters. The van der Waals surface area contributed by atoms with Crippen molar-refractivity contribution in [1.82, 2.24) is 9.97 Å². The normalized spacial score (nSPS) is 11.1. The van der Waals surface area contributed by atoms with Gasteiger partial charge in [-0.3, -0.25) is 9.78 Å². The Bertz CT molecular complexity index is 948. The summed E-state index contributed by atoms with van der Waals surface area (Å²) in [4.78, 5) is 19.6. The number of ether oxygens (including phenoxy) is 1. The number of nitrogens with one attached hydrogen (secondary N) is 1. The third-order valence-electron chi connectivity index (χ3n) is 3.37. The van der Waals surface area contributed by atoms with Crippen molar-refractivity contribution in [2.24, 2.45) is 0 Å². The Morgan fingerprint density at radius 2 is 1.89 bits per heavy atom.